The largest absolute Gasteiger partial charge is 0.352 e. The van der Waals surface area contributed by atoms with E-state index in [-0.39, 0.29) is 11.7 Å². The van der Waals surface area contributed by atoms with E-state index in [0.717, 1.165) is 25.9 Å². The molecule has 1 aromatic rings. The Morgan fingerprint density at radius 3 is 2.33 bits per heavy atom. The van der Waals surface area contributed by atoms with Gasteiger partial charge in [-0.05, 0) is 69.3 Å². The van der Waals surface area contributed by atoms with E-state index in [9.17, 15) is 9.59 Å². The van der Waals surface area contributed by atoms with Gasteiger partial charge in [0.05, 0.1) is 0 Å². The lowest BCUT2D eigenvalue weighted by atomic mass is 9.84. The molecule has 4 nitrogen and oxygen atoms in total. The van der Waals surface area contributed by atoms with Crippen LogP contribution in [-0.4, -0.2) is 43.3 Å². The number of hydrogen-bond donors (Lipinski definition) is 1. The van der Waals surface area contributed by atoms with Crippen LogP contribution in [0.4, 0.5) is 0 Å². The first-order valence-electron chi connectivity index (χ1n) is 10.4. The highest BCUT2D eigenvalue weighted by molar-refractivity contribution is 6.07. The number of benzene rings is 1. The smallest absolute Gasteiger partial charge is 0.244 e. The second-order valence-corrected chi connectivity index (χ2v) is 8.15. The lowest BCUT2D eigenvalue weighted by Crippen LogP contribution is -2.36. The molecule has 3 rings (SSSR count). The van der Waals surface area contributed by atoms with Gasteiger partial charge in [-0.15, -0.1) is 0 Å². The van der Waals surface area contributed by atoms with Crippen LogP contribution in [0.15, 0.2) is 36.4 Å². The van der Waals surface area contributed by atoms with Gasteiger partial charge in [0.25, 0.3) is 0 Å². The molecule has 1 heterocycles. The molecule has 27 heavy (non-hydrogen) atoms. The SMILES string of the molecule is CN1CCC(CNC(=O)/C=C/C(=O)c2ccc(C3CCCCC3)cc2)CC1. The second kappa shape index (κ2) is 9.84. The van der Waals surface area contributed by atoms with Crippen molar-refractivity contribution < 1.29 is 9.59 Å². The molecule has 1 amide bonds. The molecule has 1 aliphatic carbocycles. The van der Waals surface area contributed by atoms with Crippen LogP contribution in [-0.2, 0) is 4.79 Å². The second-order valence-electron chi connectivity index (χ2n) is 8.15. The summed E-state index contributed by atoms with van der Waals surface area (Å²) in [5, 5.41) is 2.93. The predicted molar refractivity (Wildman–Crippen MR) is 109 cm³/mol. The number of rotatable bonds is 6. The van der Waals surface area contributed by atoms with Gasteiger partial charge >= 0.3 is 0 Å². The first-order chi connectivity index (χ1) is 13.1. The van der Waals surface area contributed by atoms with Gasteiger partial charge in [-0.3, -0.25) is 9.59 Å². The van der Waals surface area contributed by atoms with Gasteiger partial charge in [-0.1, -0.05) is 43.5 Å². The Kier molecular flexibility index (Phi) is 7.22. The molecule has 0 bridgehead atoms. The Morgan fingerprint density at radius 1 is 1.00 bits per heavy atom. The van der Waals surface area contributed by atoms with Crippen LogP contribution in [0.2, 0.25) is 0 Å². The molecule has 0 radical (unpaired) electrons. The van der Waals surface area contributed by atoms with E-state index in [1.54, 1.807) is 0 Å². The first kappa shape index (κ1) is 19.8. The number of amides is 1. The number of likely N-dealkylation sites (tertiary alicyclic amines) is 1. The summed E-state index contributed by atoms with van der Waals surface area (Å²) < 4.78 is 0. The normalized spacial score (nSPS) is 20.0. The molecule has 0 atom stereocenters. The molecular formula is C23H32N2O2. The van der Waals surface area contributed by atoms with E-state index in [0.29, 0.717) is 23.9 Å². The van der Waals surface area contributed by atoms with Crippen LogP contribution in [0.3, 0.4) is 0 Å². The van der Waals surface area contributed by atoms with E-state index in [4.69, 9.17) is 0 Å². The maximum Gasteiger partial charge on any atom is 0.244 e. The monoisotopic (exact) mass is 368 g/mol. The van der Waals surface area contributed by atoms with Crippen molar-refractivity contribution in [2.45, 2.75) is 50.9 Å². The van der Waals surface area contributed by atoms with E-state index in [2.05, 4.69) is 29.4 Å². The zero-order valence-corrected chi connectivity index (χ0v) is 16.5. The van der Waals surface area contributed by atoms with Crippen molar-refractivity contribution in [2.24, 2.45) is 5.92 Å². The Morgan fingerprint density at radius 2 is 1.67 bits per heavy atom. The third-order valence-electron chi connectivity index (χ3n) is 6.06. The van der Waals surface area contributed by atoms with Crippen molar-refractivity contribution in [3.63, 3.8) is 0 Å². The Hall–Kier alpha value is -1.94. The number of nitrogens with zero attached hydrogens (tertiary/aromatic N) is 1. The van der Waals surface area contributed by atoms with Gasteiger partial charge < -0.3 is 10.2 Å². The maximum atomic E-state index is 12.3. The molecule has 1 saturated carbocycles. The molecular weight excluding hydrogens is 336 g/mol. The van der Waals surface area contributed by atoms with Crippen LogP contribution >= 0.6 is 0 Å². The summed E-state index contributed by atoms with van der Waals surface area (Å²) in [4.78, 5) is 26.6. The maximum absolute atomic E-state index is 12.3. The third-order valence-corrected chi connectivity index (χ3v) is 6.06. The van der Waals surface area contributed by atoms with Crippen LogP contribution in [0.5, 0.6) is 0 Å². The van der Waals surface area contributed by atoms with Crippen LogP contribution in [0, 0.1) is 5.92 Å². The molecule has 0 aromatic heterocycles. The van der Waals surface area contributed by atoms with Crippen molar-refractivity contribution in [3.8, 4) is 0 Å². The molecule has 4 heteroatoms. The lowest BCUT2D eigenvalue weighted by Gasteiger charge is -2.28. The zero-order chi connectivity index (χ0) is 19.1. The lowest BCUT2D eigenvalue weighted by molar-refractivity contribution is -0.116. The molecule has 0 spiro atoms. The molecule has 146 valence electrons. The van der Waals surface area contributed by atoms with Gasteiger partial charge in [0.1, 0.15) is 0 Å². The van der Waals surface area contributed by atoms with E-state index >= 15 is 0 Å². The molecule has 1 aromatic carbocycles. The Labute approximate surface area is 163 Å². The van der Waals surface area contributed by atoms with Crippen LogP contribution < -0.4 is 5.32 Å². The number of nitrogens with one attached hydrogen (secondary N) is 1. The van der Waals surface area contributed by atoms with Crippen molar-refractivity contribution in [1.82, 2.24) is 10.2 Å². The summed E-state index contributed by atoms with van der Waals surface area (Å²) in [6.45, 7) is 2.87. The minimum absolute atomic E-state index is 0.111. The molecule has 1 aliphatic heterocycles. The van der Waals surface area contributed by atoms with Gasteiger partial charge in [0.2, 0.25) is 5.91 Å². The summed E-state index contributed by atoms with van der Waals surface area (Å²) in [7, 11) is 2.13. The quantitative estimate of drug-likeness (QED) is 0.611. The van der Waals surface area contributed by atoms with Crippen molar-refractivity contribution in [2.75, 3.05) is 26.7 Å². The van der Waals surface area contributed by atoms with Gasteiger partial charge in [0.15, 0.2) is 5.78 Å². The highest BCUT2D eigenvalue weighted by Crippen LogP contribution is 2.32. The van der Waals surface area contributed by atoms with Crippen LogP contribution in [0.1, 0.15) is 66.8 Å². The third kappa shape index (κ3) is 6.03. The highest BCUT2D eigenvalue weighted by Gasteiger charge is 2.17. The standard InChI is InChI=1S/C23H32N2O2/c1-25-15-13-18(14-16-25)17-24-23(27)12-11-22(26)21-9-7-20(8-10-21)19-5-3-2-4-6-19/h7-12,18-19H,2-6,13-17H2,1H3,(H,24,27)/b12-11+. The fourth-order valence-electron chi connectivity index (χ4n) is 4.17. The summed E-state index contributed by atoms with van der Waals surface area (Å²) >= 11 is 0. The number of carbonyl (C=O) groups is 2. The predicted octanol–water partition coefficient (Wildman–Crippen LogP) is 3.93. The van der Waals surface area contributed by atoms with Crippen LogP contribution in [0.25, 0.3) is 0 Å². The topological polar surface area (TPSA) is 49.4 Å². The van der Waals surface area contributed by atoms with Crippen molar-refractivity contribution in [1.29, 1.82) is 0 Å². The average Bonchev–Trinajstić information content (AvgIpc) is 2.72. The molecule has 0 unspecified atom stereocenters. The number of carbonyl (C=O) groups excluding carboxylic acids is 2. The Balaban J connectivity index is 1.45. The number of piperidine rings is 1. The van der Waals surface area contributed by atoms with E-state index < -0.39 is 0 Å². The molecule has 1 saturated heterocycles. The molecule has 2 aliphatic rings. The Bertz CT molecular complexity index is 651. The molecule has 1 N–H and O–H groups in total. The summed E-state index contributed by atoms with van der Waals surface area (Å²) in [6, 6.07) is 7.95. The fourth-order valence-corrected chi connectivity index (χ4v) is 4.17. The van der Waals surface area contributed by atoms with Gasteiger partial charge in [-0.25, -0.2) is 0 Å². The van der Waals surface area contributed by atoms with Gasteiger partial charge in [-0.2, -0.15) is 0 Å². The first-order valence-corrected chi connectivity index (χ1v) is 10.4. The average molecular weight is 369 g/mol. The zero-order valence-electron chi connectivity index (χ0n) is 16.5. The van der Waals surface area contributed by atoms with E-state index in [1.165, 1.54) is 49.8 Å². The van der Waals surface area contributed by atoms with Crippen molar-refractivity contribution in [3.05, 3.63) is 47.5 Å². The van der Waals surface area contributed by atoms with E-state index in [1.807, 2.05) is 12.1 Å². The molecule has 2 fully saturated rings. The van der Waals surface area contributed by atoms with Crippen molar-refractivity contribution >= 4 is 11.7 Å². The number of hydrogen-bond acceptors (Lipinski definition) is 3. The minimum Gasteiger partial charge on any atom is -0.352 e. The van der Waals surface area contributed by atoms with Gasteiger partial charge in [0, 0.05) is 18.2 Å². The summed E-state index contributed by atoms with van der Waals surface area (Å²) in [6.07, 6.45) is 11.5. The fraction of sp³-hybridized carbons (Fsp3) is 0.565. The number of ketones is 1. The summed E-state index contributed by atoms with van der Waals surface area (Å²) in [5.74, 6) is 0.895. The summed E-state index contributed by atoms with van der Waals surface area (Å²) in [5.41, 5.74) is 1.99. The number of allylic oxidation sites excluding steroid dienone is 1. The highest BCUT2D eigenvalue weighted by atomic mass is 16.1. The minimum atomic E-state index is -0.180.